The summed E-state index contributed by atoms with van der Waals surface area (Å²) in [7, 11) is 0. The first kappa shape index (κ1) is 18.6. The maximum absolute atomic E-state index is 12.8. The van der Waals surface area contributed by atoms with Crippen molar-refractivity contribution in [3.8, 4) is 0 Å². The summed E-state index contributed by atoms with van der Waals surface area (Å²) in [4.78, 5) is 22.0. The van der Waals surface area contributed by atoms with Crippen LogP contribution in [0.4, 0.5) is 13.2 Å². The number of rotatable bonds is 3. The fourth-order valence-electron chi connectivity index (χ4n) is 3.53. The van der Waals surface area contributed by atoms with E-state index in [-0.39, 0.29) is 17.7 Å². The molecule has 3 rings (SSSR count). The van der Waals surface area contributed by atoms with Gasteiger partial charge in [-0.2, -0.15) is 18.2 Å². The Kier molecular flexibility index (Phi) is 4.90. The number of carbonyl (C=O) groups is 1. The molecule has 142 valence electrons. The minimum atomic E-state index is -4.62. The first-order valence-electron chi connectivity index (χ1n) is 8.78. The summed E-state index contributed by atoms with van der Waals surface area (Å²) in [6.07, 6.45) is -0.729. The summed E-state index contributed by atoms with van der Waals surface area (Å²) in [6, 6.07) is 0.240. The Morgan fingerprint density at radius 1 is 1.23 bits per heavy atom. The number of hydrogen-bond donors (Lipinski definition) is 0. The van der Waals surface area contributed by atoms with Gasteiger partial charge in [0.25, 0.3) is 11.6 Å². The minimum absolute atomic E-state index is 0.0747. The van der Waals surface area contributed by atoms with Crippen molar-refractivity contribution in [2.75, 3.05) is 6.54 Å². The van der Waals surface area contributed by atoms with Crippen LogP contribution in [-0.4, -0.2) is 43.0 Å². The number of piperidine rings is 1. The first-order valence-corrected chi connectivity index (χ1v) is 8.78. The molecule has 6 nitrogen and oxygen atoms in total. The Hall–Kier alpha value is -2.19. The SMILES string of the molecule is Cc1nc2nc(C(F)(F)F)nn2c(C)c1CCC(=O)N1CCCCC1C. The van der Waals surface area contributed by atoms with Gasteiger partial charge in [-0.25, -0.2) is 9.50 Å². The van der Waals surface area contributed by atoms with Crippen LogP contribution in [0.1, 0.15) is 55.4 Å². The number of fused-ring (bicyclic) bond motifs is 1. The van der Waals surface area contributed by atoms with Crippen LogP contribution < -0.4 is 0 Å². The van der Waals surface area contributed by atoms with Crippen molar-refractivity contribution < 1.29 is 18.0 Å². The van der Waals surface area contributed by atoms with Crippen molar-refractivity contribution in [2.45, 2.75) is 65.1 Å². The Morgan fingerprint density at radius 3 is 2.62 bits per heavy atom. The fourth-order valence-corrected chi connectivity index (χ4v) is 3.53. The van der Waals surface area contributed by atoms with Crippen LogP contribution in [0.2, 0.25) is 0 Å². The number of alkyl halides is 3. The van der Waals surface area contributed by atoms with Crippen molar-refractivity contribution in [1.29, 1.82) is 0 Å². The molecule has 0 aromatic carbocycles. The van der Waals surface area contributed by atoms with E-state index in [2.05, 4.69) is 22.0 Å². The topological polar surface area (TPSA) is 63.4 Å². The first-order chi connectivity index (χ1) is 12.2. The van der Waals surface area contributed by atoms with Gasteiger partial charge >= 0.3 is 6.18 Å². The van der Waals surface area contributed by atoms with E-state index in [1.807, 2.05) is 4.90 Å². The van der Waals surface area contributed by atoms with Gasteiger partial charge < -0.3 is 4.90 Å². The summed E-state index contributed by atoms with van der Waals surface area (Å²) in [5.74, 6) is -1.21. The number of amides is 1. The summed E-state index contributed by atoms with van der Waals surface area (Å²) in [5.41, 5.74) is 1.86. The lowest BCUT2D eigenvalue weighted by molar-refractivity contribution is -0.144. The Morgan fingerprint density at radius 2 is 1.96 bits per heavy atom. The Labute approximate surface area is 149 Å². The standard InChI is InChI=1S/C17H22F3N5O/c1-10-6-4-5-9-24(10)14(26)8-7-13-11(2)21-16-22-15(17(18,19)20)23-25(16)12(13)3/h10H,4-9H2,1-3H3. The Bertz CT molecular complexity index is 830. The highest BCUT2D eigenvalue weighted by Crippen LogP contribution is 2.27. The van der Waals surface area contributed by atoms with E-state index >= 15 is 0 Å². The second-order valence-corrected chi connectivity index (χ2v) is 6.84. The molecule has 9 heteroatoms. The molecule has 1 amide bonds. The van der Waals surface area contributed by atoms with Gasteiger partial charge in [0, 0.05) is 30.4 Å². The van der Waals surface area contributed by atoms with Crippen molar-refractivity contribution in [3.05, 3.63) is 22.8 Å². The lowest BCUT2D eigenvalue weighted by atomic mass is 10.0. The molecule has 3 heterocycles. The molecule has 1 fully saturated rings. The second kappa shape index (κ2) is 6.85. The smallest absolute Gasteiger partial charge is 0.340 e. The van der Waals surface area contributed by atoms with E-state index in [1.165, 1.54) is 0 Å². The summed E-state index contributed by atoms with van der Waals surface area (Å²) < 4.78 is 39.6. The van der Waals surface area contributed by atoms with E-state index in [0.29, 0.717) is 24.2 Å². The number of nitrogens with zero attached hydrogens (tertiary/aromatic N) is 5. The summed E-state index contributed by atoms with van der Waals surface area (Å²) in [5, 5.41) is 3.54. The third-order valence-corrected chi connectivity index (χ3v) is 5.01. The largest absolute Gasteiger partial charge is 0.453 e. The van der Waals surface area contributed by atoms with Crippen LogP contribution in [0.5, 0.6) is 0 Å². The van der Waals surface area contributed by atoms with E-state index in [0.717, 1.165) is 35.9 Å². The van der Waals surface area contributed by atoms with E-state index in [1.54, 1.807) is 13.8 Å². The molecule has 1 aliphatic rings. The molecule has 0 aliphatic carbocycles. The number of carbonyl (C=O) groups excluding carboxylic acids is 1. The zero-order valence-corrected chi connectivity index (χ0v) is 15.1. The van der Waals surface area contributed by atoms with Gasteiger partial charge in [0.1, 0.15) is 0 Å². The number of aryl methyl sites for hydroxylation is 2. The van der Waals surface area contributed by atoms with Crippen LogP contribution >= 0.6 is 0 Å². The molecule has 2 aromatic heterocycles. The van der Waals surface area contributed by atoms with Gasteiger partial charge in [0.05, 0.1) is 0 Å². The van der Waals surface area contributed by atoms with Crippen molar-refractivity contribution >= 4 is 11.7 Å². The van der Waals surface area contributed by atoms with Crippen molar-refractivity contribution in [1.82, 2.24) is 24.5 Å². The molecular weight excluding hydrogens is 347 g/mol. The second-order valence-electron chi connectivity index (χ2n) is 6.84. The minimum Gasteiger partial charge on any atom is -0.340 e. The molecule has 1 aliphatic heterocycles. The normalized spacial score (nSPS) is 18.5. The lowest BCUT2D eigenvalue weighted by Gasteiger charge is -2.33. The quantitative estimate of drug-likeness (QED) is 0.834. The highest BCUT2D eigenvalue weighted by molar-refractivity contribution is 5.77. The summed E-state index contributed by atoms with van der Waals surface area (Å²) in [6.45, 7) is 6.22. The monoisotopic (exact) mass is 369 g/mol. The molecule has 0 saturated carbocycles. The van der Waals surface area contributed by atoms with Crippen molar-refractivity contribution in [2.24, 2.45) is 0 Å². The maximum Gasteiger partial charge on any atom is 0.453 e. The van der Waals surface area contributed by atoms with Gasteiger partial charge in [-0.05, 0) is 52.0 Å². The lowest BCUT2D eigenvalue weighted by Crippen LogP contribution is -2.42. The molecule has 0 radical (unpaired) electrons. The molecule has 2 aromatic rings. The van der Waals surface area contributed by atoms with Gasteiger partial charge in [-0.1, -0.05) is 0 Å². The molecular formula is C17H22F3N5O. The third-order valence-electron chi connectivity index (χ3n) is 5.01. The van der Waals surface area contributed by atoms with Gasteiger partial charge in [0.2, 0.25) is 5.91 Å². The third kappa shape index (κ3) is 3.52. The molecule has 1 saturated heterocycles. The van der Waals surface area contributed by atoms with Gasteiger partial charge in [-0.3, -0.25) is 4.79 Å². The zero-order valence-electron chi connectivity index (χ0n) is 15.1. The number of hydrogen-bond acceptors (Lipinski definition) is 4. The summed E-state index contributed by atoms with van der Waals surface area (Å²) >= 11 is 0. The fraction of sp³-hybridized carbons (Fsp3) is 0.647. The van der Waals surface area contributed by atoms with E-state index in [4.69, 9.17) is 0 Å². The molecule has 26 heavy (non-hydrogen) atoms. The molecule has 1 atom stereocenters. The predicted octanol–water partition coefficient (Wildman–Crippen LogP) is 3.09. The Balaban J connectivity index is 1.82. The highest BCUT2D eigenvalue weighted by Gasteiger charge is 2.37. The maximum atomic E-state index is 12.8. The molecule has 0 spiro atoms. The predicted molar refractivity (Wildman–Crippen MR) is 88.6 cm³/mol. The van der Waals surface area contributed by atoms with Crippen molar-refractivity contribution in [3.63, 3.8) is 0 Å². The van der Waals surface area contributed by atoms with Crippen LogP contribution in [0.3, 0.4) is 0 Å². The van der Waals surface area contributed by atoms with E-state index < -0.39 is 12.0 Å². The van der Waals surface area contributed by atoms with Crippen LogP contribution in [0.15, 0.2) is 0 Å². The van der Waals surface area contributed by atoms with Gasteiger partial charge in [0.15, 0.2) is 0 Å². The van der Waals surface area contributed by atoms with Gasteiger partial charge in [-0.15, -0.1) is 5.10 Å². The van der Waals surface area contributed by atoms with Crippen LogP contribution in [0.25, 0.3) is 5.78 Å². The molecule has 1 unspecified atom stereocenters. The molecule has 0 N–H and O–H groups in total. The number of likely N-dealkylation sites (tertiary alicyclic amines) is 1. The average molecular weight is 369 g/mol. The van der Waals surface area contributed by atoms with Crippen LogP contribution in [-0.2, 0) is 17.4 Å². The van der Waals surface area contributed by atoms with E-state index in [9.17, 15) is 18.0 Å². The average Bonchev–Trinajstić information content (AvgIpc) is 2.99. The number of halogens is 3. The number of aromatic nitrogens is 4. The zero-order chi connectivity index (χ0) is 19.1. The highest BCUT2D eigenvalue weighted by atomic mass is 19.4. The van der Waals surface area contributed by atoms with Crippen LogP contribution in [0, 0.1) is 13.8 Å². The molecule has 0 bridgehead atoms.